The SMILES string of the molecule is COC(=O)c1c(NC(=O)[C@H]2CC=CC[C@@H]2C(=O)O)sc(C)c1C. The van der Waals surface area contributed by atoms with Gasteiger partial charge in [-0.2, -0.15) is 0 Å². The number of aryl methyl sites for hydroxylation is 1. The fourth-order valence-corrected chi connectivity index (χ4v) is 3.70. The van der Waals surface area contributed by atoms with Crippen LogP contribution in [-0.2, 0) is 14.3 Å². The number of allylic oxidation sites excluding steroid dienone is 2. The first-order valence-electron chi connectivity index (χ1n) is 7.23. The number of rotatable bonds is 4. The molecule has 1 aliphatic carbocycles. The number of thiophene rings is 1. The molecule has 0 spiro atoms. The van der Waals surface area contributed by atoms with Gasteiger partial charge in [-0.1, -0.05) is 12.2 Å². The molecule has 1 aromatic rings. The van der Waals surface area contributed by atoms with Crippen molar-refractivity contribution in [1.29, 1.82) is 0 Å². The molecule has 2 atom stereocenters. The average molecular weight is 337 g/mol. The maximum atomic E-state index is 12.5. The Kier molecular flexibility index (Phi) is 5.20. The Morgan fingerprint density at radius 3 is 2.39 bits per heavy atom. The number of hydrogen-bond acceptors (Lipinski definition) is 5. The van der Waals surface area contributed by atoms with Crippen molar-refractivity contribution in [3.8, 4) is 0 Å². The molecule has 0 bridgehead atoms. The van der Waals surface area contributed by atoms with E-state index in [9.17, 15) is 19.5 Å². The average Bonchev–Trinajstić information content (AvgIpc) is 2.80. The highest BCUT2D eigenvalue weighted by atomic mass is 32.1. The molecule has 1 heterocycles. The first-order chi connectivity index (χ1) is 10.9. The van der Waals surface area contributed by atoms with E-state index in [1.54, 1.807) is 13.0 Å². The van der Waals surface area contributed by atoms with Gasteiger partial charge in [-0.3, -0.25) is 9.59 Å². The Morgan fingerprint density at radius 2 is 1.83 bits per heavy atom. The third-order valence-electron chi connectivity index (χ3n) is 4.10. The maximum Gasteiger partial charge on any atom is 0.341 e. The van der Waals surface area contributed by atoms with E-state index in [-0.39, 0.29) is 5.91 Å². The van der Waals surface area contributed by atoms with Gasteiger partial charge in [-0.25, -0.2) is 4.79 Å². The Morgan fingerprint density at radius 1 is 1.22 bits per heavy atom. The number of carbonyl (C=O) groups excluding carboxylic acids is 2. The number of methoxy groups -OCH3 is 1. The van der Waals surface area contributed by atoms with Gasteiger partial charge in [0.2, 0.25) is 5.91 Å². The van der Waals surface area contributed by atoms with E-state index < -0.39 is 23.8 Å². The first kappa shape index (κ1) is 17.2. The number of anilines is 1. The zero-order valence-corrected chi connectivity index (χ0v) is 14.0. The van der Waals surface area contributed by atoms with Gasteiger partial charge in [0.25, 0.3) is 0 Å². The van der Waals surface area contributed by atoms with Crippen molar-refractivity contribution in [2.45, 2.75) is 26.7 Å². The molecule has 1 aliphatic rings. The zero-order chi connectivity index (χ0) is 17.1. The molecule has 0 aromatic carbocycles. The molecule has 2 N–H and O–H groups in total. The van der Waals surface area contributed by atoms with Crippen molar-refractivity contribution >= 4 is 34.2 Å². The molecule has 1 aromatic heterocycles. The molecule has 0 saturated heterocycles. The number of amides is 1. The Hall–Kier alpha value is -2.15. The number of nitrogens with one attached hydrogen (secondary N) is 1. The van der Waals surface area contributed by atoms with E-state index in [4.69, 9.17) is 4.74 Å². The minimum Gasteiger partial charge on any atom is -0.481 e. The number of ether oxygens (including phenoxy) is 1. The molecule has 0 radical (unpaired) electrons. The summed E-state index contributed by atoms with van der Waals surface area (Å²) in [5.74, 6) is -3.27. The van der Waals surface area contributed by atoms with Gasteiger partial charge < -0.3 is 15.2 Å². The predicted octanol–water partition coefficient (Wildman–Crippen LogP) is 2.76. The second-order valence-corrected chi connectivity index (χ2v) is 6.69. The highest BCUT2D eigenvalue weighted by Gasteiger charge is 2.35. The van der Waals surface area contributed by atoms with E-state index >= 15 is 0 Å². The maximum absolute atomic E-state index is 12.5. The lowest BCUT2D eigenvalue weighted by Gasteiger charge is -2.24. The second-order valence-electron chi connectivity index (χ2n) is 5.46. The summed E-state index contributed by atoms with van der Waals surface area (Å²) in [4.78, 5) is 36.7. The van der Waals surface area contributed by atoms with Gasteiger partial charge in [0.05, 0.1) is 24.5 Å². The largest absolute Gasteiger partial charge is 0.481 e. The van der Waals surface area contributed by atoms with Crippen LogP contribution in [-0.4, -0.2) is 30.1 Å². The molecule has 124 valence electrons. The van der Waals surface area contributed by atoms with Crippen molar-refractivity contribution in [3.05, 3.63) is 28.2 Å². The van der Waals surface area contributed by atoms with Gasteiger partial charge in [0.15, 0.2) is 0 Å². The molecule has 0 unspecified atom stereocenters. The zero-order valence-electron chi connectivity index (χ0n) is 13.2. The summed E-state index contributed by atoms with van der Waals surface area (Å²) in [6.45, 7) is 3.64. The Labute approximate surface area is 138 Å². The van der Waals surface area contributed by atoms with E-state index in [1.807, 2.05) is 13.0 Å². The van der Waals surface area contributed by atoms with E-state index in [0.717, 1.165) is 10.4 Å². The summed E-state index contributed by atoms with van der Waals surface area (Å²) >= 11 is 1.29. The molecule has 7 heteroatoms. The van der Waals surface area contributed by atoms with Gasteiger partial charge in [0.1, 0.15) is 5.00 Å². The van der Waals surface area contributed by atoms with Gasteiger partial charge in [-0.05, 0) is 32.3 Å². The smallest absolute Gasteiger partial charge is 0.341 e. The molecule has 0 aliphatic heterocycles. The van der Waals surface area contributed by atoms with Gasteiger partial charge in [-0.15, -0.1) is 11.3 Å². The van der Waals surface area contributed by atoms with Crippen LogP contribution in [0.3, 0.4) is 0 Å². The molecular weight excluding hydrogens is 318 g/mol. The summed E-state index contributed by atoms with van der Waals surface area (Å²) in [6, 6.07) is 0. The highest BCUT2D eigenvalue weighted by molar-refractivity contribution is 7.16. The van der Waals surface area contributed by atoms with Crippen molar-refractivity contribution in [2.75, 3.05) is 12.4 Å². The van der Waals surface area contributed by atoms with E-state index in [2.05, 4.69) is 5.32 Å². The third kappa shape index (κ3) is 3.44. The van der Waals surface area contributed by atoms with Crippen LogP contribution in [0.15, 0.2) is 12.2 Å². The summed E-state index contributed by atoms with van der Waals surface area (Å²) in [5.41, 5.74) is 1.09. The second kappa shape index (κ2) is 6.95. The molecule has 1 amide bonds. The normalized spacial score (nSPS) is 20.1. The van der Waals surface area contributed by atoms with E-state index in [1.165, 1.54) is 18.4 Å². The van der Waals surface area contributed by atoms with Crippen molar-refractivity contribution in [3.63, 3.8) is 0 Å². The molecule has 2 rings (SSSR count). The van der Waals surface area contributed by atoms with Crippen LogP contribution in [0.25, 0.3) is 0 Å². The minimum absolute atomic E-state index is 0.333. The summed E-state index contributed by atoms with van der Waals surface area (Å²) in [5, 5.41) is 12.4. The lowest BCUT2D eigenvalue weighted by molar-refractivity contribution is -0.146. The lowest BCUT2D eigenvalue weighted by Crippen LogP contribution is -2.34. The first-order valence-corrected chi connectivity index (χ1v) is 8.05. The predicted molar refractivity (Wildman–Crippen MR) is 86.8 cm³/mol. The standard InChI is InChI=1S/C16H19NO5S/c1-8-9(2)23-14(12(8)16(21)22-3)17-13(18)10-6-4-5-7-11(10)15(19)20/h4-5,10-11H,6-7H2,1-3H3,(H,17,18)(H,19,20)/t10-,11-/m0/s1. The minimum atomic E-state index is -0.985. The van der Waals surface area contributed by atoms with E-state index in [0.29, 0.717) is 23.4 Å². The van der Waals surface area contributed by atoms with Crippen LogP contribution in [0, 0.1) is 25.7 Å². The van der Waals surface area contributed by atoms with Crippen LogP contribution in [0.5, 0.6) is 0 Å². The Balaban J connectivity index is 2.27. The van der Waals surface area contributed by atoms with Crippen molar-refractivity contribution < 1.29 is 24.2 Å². The molecule has 6 nitrogen and oxygen atoms in total. The van der Waals surface area contributed by atoms with Crippen molar-refractivity contribution in [1.82, 2.24) is 0 Å². The van der Waals surface area contributed by atoms with Crippen LogP contribution >= 0.6 is 11.3 Å². The number of esters is 1. The number of carboxylic acids is 1. The fraction of sp³-hybridized carbons (Fsp3) is 0.438. The number of carboxylic acid groups (broad SMARTS) is 1. The molecule has 0 saturated carbocycles. The number of aliphatic carboxylic acids is 1. The highest BCUT2D eigenvalue weighted by Crippen LogP contribution is 2.34. The lowest BCUT2D eigenvalue weighted by atomic mass is 9.82. The summed E-state index contributed by atoms with van der Waals surface area (Å²) in [7, 11) is 1.28. The van der Waals surface area contributed by atoms with Crippen molar-refractivity contribution in [2.24, 2.45) is 11.8 Å². The third-order valence-corrected chi connectivity index (χ3v) is 5.22. The number of carbonyl (C=O) groups is 3. The fourth-order valence-electron chi connectivity index (χ4n) is 2.64. The topological polar surface area (TPSA) is 92.7 Å². The Bertz CT molecular complexity index is 676. The van der Waals surface area contributed by atoms with Crippen LogP contribution in [0.4, 0.5) is 5.00 Å². The van der Waals surface area contributed by atoms with Gasteiger partial charge >= 0.3 is 11.9 Å². The molecule has 23 heavy (non-hydrogen) atoms. The number of hydrogen-bond donors (Lipinski definition) is 2. The summed E-state index contributed by atoms with van der Waals surface area (Å²) < 4.78 is 4.77. The monoisotopic (exact) mass is 337 g/mol. The van der Waals surface area contributed by atoms with Crippen LogP contribution < -0.4 is 5.32 Å². The molecule has 0 fully saturated rings. The summed E-state index contributed by atoms with van der Waals surface area (Å²) in [6.07, 6.45) is 4.30. The van der Waals surface area contributed by atoms with Crippen LogP contribution in [0.2, 0.25) is 0 Å². The molecular formula is C16H19NO5S. The quantitative estimate of drug-likeness (QED) is 0.651. The van der Waals surface area contributed by atoms with Crippen LogP contribution in [0.1, 0.15) is 33.6 Å². The van der Waals surface area contributed by atoms with Gasteiger partial charge in [0, 0.05) is 4.88 Å².